The van der Waals surface area contributed by atoms with Crippen molar-refractivity contribution in [3.8, 4) is 23.0 Å². The summed E-state index contributed by atoms with van der Waals surface area (Å²) < 4.78 is 22.3. The van der Waals surface area contributed by atoms with E-state index in [9.17, 15) is 19.2 Å². The Balaban J connectivity index is 1.13. The van der Waals surface area contributed by atoms with Gasteiger partial charge < -0.3 is 28.7 Å². The molecule has 1 aliphatic rings. The highest BCUT2D eigenvalue weighted by Gasteiger charge is 2.45. The second-order valence-corrected chi connectivity index (χ2v) is 12.8. The van der Waals surface area contributed by atoms with Crippen molar-refractivity contribution >= 4 is 24.1 Å². The first-order valence-electron chi connectivity index (χ1n) is 18.0. The summed E-state index contributed by atoms with van der Waals surface area (Å²) in [7, 11) is 0. The maximum absolute atomic E-state index is 13.2. The van der Waals surface area contributed by atoms with E-state index < -0.39 is 36.0 Å². The largest absolute Gasteiger partial charge is 0.457 e. The lowest BCUT2D eigenvalue weighted by molar-refractivity contribution is -0.161. The summed E-state index contributed by atoms with van der Waals surface area (Å²) in [5.41, 5.74) is 1.68. The van der Waals surface area contributed by atoms with Gasteiger partial charge in [0, 0.05) is 26.2 Å². The number of hydrogen-bond acceptors (Lipinski definition) is 8. The molecule has 0 spiro atoms. The van der Waals surface area contributed by atoms with Crippen LogP contribution in [0.15, 0.2) is 109 Å². The van der Waals surface area contributed by atoms with Crippen molar-refractivity contribution in [3.63, 3.8) is 0 Å². The number of rotatable bonds is 16. The van der Waals surface area contributed by atoms with E-state index in [1.165, 1.54) is 9.80 Å². The van der Waals surface area contributed by atoms with Crippen molar-refractivity contribution in [3.05, 3.63) is 120 Å². The summed E-state index contributed by atoms with van der Waals surface area (Å²) in [5, 5.41) is 0. The quantitative estimate of drug-likeness (QED) is 0.0837. The molecule has 0 saturated heterocycles. The Bertz CT molecular complexity index is 1620. The topological polar surface area (TPSA) is 112 Å². The molecule has 52 heavy (non-hydrogen) atoms. The van der Waals surface area contributed by atoms with Gasteiger partial charge in [-0.2, -0.15) is 0 Å². The predicted octanol–water partition coefficient (Wildman–Crippen LogP) is 9.53. The number of hydrogen-bond donors (Lipinski definition) is 0. The smallest absolute Gasteiger partial charge is 0.417 e. The number of carbonyl (C=O) groups excluding carboxylic acids is 4. The molecule has 1 aliphatic carbocycles. The monoisotopic (exact) mass is 706 g/mol. The molecule has 0 radical (unpaired) electrons. The maximum atomic E-state index is 13.2. The molecular weight excluding hydrogens is 660 g/mol. The van der Waals surface area contributed by atoms with Gasteiger partial charge in [0.25, 0.3) is 0 Å². The van der Waals surface area contributed by atoms with Gasteiger partial charge in [0.1, 0.15) is 23.0 Å². The molecule has 0 aromatic heterocycles. The average molecular weight is 707 g/mol. The number of unbranched alkanes of at least 4 members (excludes halogenated alkanes) is 2. The Morgan fingerprint density at radius 3 is 1.19 bits per heavy atom. The van der Waals surface area contributed by atoms with E-state index in [0.29, 0.717) is 37.4 Å². The number of benzene rings is 4. The number of nitrogens with zero attached hydrogens (tertiary/aromatic N) is 2. The second-order valence-electron chi connectivity index (χ2n) is 12.8. The summed E-state index contributed by atoms with van der Waals surface area (Å²) in [6.07, 6.45) is 2.29. The van der Waals surface area contributed by atoms with Crippen LogP contribution >= 0.6 is 0 Å². The fourth-order valence-corrected chi connectivity index (χ4v) is 5.70. The summed E-state index contributed by atoms with van der Waals surface area (Å²) in [6.45, 7) is 5.28. The van der Waals surface area contributed by atoms with Crippen LogP contribution in [-0.4, -0.2) is 47.0 Å². The van der Waals surface area contributed by atoms with Crippen LogP contribution in [0, 0.1) is 11.8 Å². The molecule has 2 unspecified atom stereocenters. The van der Waals surface area contributed by atoms with Crippen molar-refractivity contribution in [2.75, 3.05) is 13.1 Å². The molecule has 1 saturated carbocycles. The fourth-order valence-electron chi connectivity index (χ4n) is 5.70. The van der Waals surface area contributed by atoms with Crippen LogP contribution in [0.5, 0.6) is 23.0 Å². The van der Waals surface area contributed by atoms with Crippen molar-refractivity contribution in [1.29, 1.82) is 0 Å². The van der Waals surface area contributed by atoms with Gasteiger partial charge in [-0.05, 0) is 85.3 Å². The summed E-state index contributed by atoms with van der Waals surface area (Å²) in [5.74, 6) is -0.568. The molecule has 4 aromatic rings. The van der Waals surface area contributed by atoms with Crippen LogP contribution in [0.1, 0.15) is 63.5 Å². The van der Waals surface area contributed by atoms with Crippen LogP contribution in [0.4, 0.5) is 9.59 Å². The molecular formula is C42H46N2O8. The van der Waals surface area contributed by atoms with Gasteiger partial charge >= 0.3 is 24.1 Å². The normalized spacial score (nSPS) is 14.7. The van der Waals surface area contributed by atoms with Crippen molar-refractivity contribution < 1.29 is 38.1 Å². The van der Waals surface area contributed by atoms with Gasteiger partial charge in [0.05, 0.1) is 11.8 Å². The van der Waals surface area contributed by atoms with Crippen LogP contribution in [0.3, 0.4) is 0 Å². The summed E-state index contributed by atoms with van der Waals surface area (Å²) in [6, 6.07) is 33.6. The molecule has 0 heterocycles. The molecule has 2 atom stereocenters. The van der Waals surface area contributed by atoms with Gasteiger partial charge in [0.15, 0.2) is 0 Å². The van der Waals surface area contributed by atoms with Gasteiger partial charge in [-0.3, -0.25) is 9.59 Å². The first-order valence-corrected chi connectivity index (χ1v) is 18.0. The zero-order valence-corrected chi connectivity index (χ0v) is 29.8. The van der Waals surface area contributed by atoms with E-state index in [2.05, 4.69) is 0 Å². The first kappa shape index (κ1) is 37.6. The molecule has 0 aliphatic heterocycles. The number of ether oxygens (including phenoxy) is 4. The summed E-state index contributed by atoms with van der Waals surface area (Å²) >= 11 is 0. The molecule has 10 heteroatoms. The van der Waals surface area contributed by atoms with Gasteiger partial charge in [-0.1, -0.05) is 87.4 Å². The van der Waals surface area contributed by atoms with Gasteiger partial charge in [0.2, 0.25) is 0 Å². The summed E-state index contributed by atoms with van der Waals surface area (Å²) in [4.78, 5) is 55.7. The maximum Gasteiger partial charge on any atom is 0.417 e. The van der Waals surface area contributed by atoms with E-state index in [0.717, 1.165) is 48.3 Å². The van der Waals surface area contributed by atoms with Gasteiger partial charge in [-0.15, -0.1) is 0 Å². The molecule has 4 aromatic carbocycles. The Kier molecular flexibility index (Phi) is 13.8. The molecule has 0 N–H and O–H groups in total. The number of esters is 2. The highest BCUT2D eigenvalue weighted by molar-refractivity contribution is 5.93. The fraction of sp³-hybridized carbons (Fsp3) is 0.333. The minimum Gasteiger partial charge on any atom is -0.457 e. The van der Waals surface area contributed by atoms with Crippen molar-refractivity contribution in [2.24, 2.45) is 11.8 Å². The predicted molar refractivity (Wildman–Crippen MR) is 196 cm³/mol. The Morgan fingerprint density at radius 2 is 0.865 bits per heavy atom. The van der Waals surface area contributed by atoms with E-state index in [-0.39, 0.29) is 13.1 Å². The lowest BCUT2D eigenvalue weighted by atomic mass is 9.74. The lowest BCUT2D eigenvalue weighted by Crippen LogP contribution is -2.44. The van der Waals surface area contributed by atoms with E-state index in [4.69, 9.17) is 18.9 Å². The minimum absolute atomic E-state index is 0.235. The Labute approximate surface area is 305 Å². The van der Waals surface area contributed by atoms with E-state index >= 15 is 0 Å². The average Bonchev–Trinajstić information content (AvgIpc) is 3.13. The zero-order valence-electron chi connectivity index (χ0n) is 29.8. The number of amides is 2. The number of carbonyl (C=O) groups is 4. The Hall–Kier alpha value is -5.64. The van der Waals surface area contributed by atoms with Crippen molar-refractivity contribution in [2.45, 2.75) is 65.5 Å². The SMILES string of the molecule is CCCCN(Cc1ccc(Oc2ccccc2)cc1)C(=O)OC(=O)C1CCC1C(=O)OC(=O)N(CCCC)Cc1ccc(Oc2ccccc2)cc1. The molecule has 2 amide bonds. The molecule has 272 valence electrons. The van der Waals surface area contributed by atoms with Crippen LogP contribution in [-0.2, 0) is 32.2 Å². The highest BCUT2D eigenvalue weighted by atomic mass is 16.6. The number of para-hydroxylation sites is 2. The molecule has 10 nitrogen and oxygen atoms in total. The molecule has 0 bridgehead atoms. The van der Waals surface area contributed by atoms with Crippen LogP contribution < -0.4 is 9.47 Å². The third-order valence-corrected chi connectivity index (χ3v) is 8.89. The van der Waals surface area contributed by atoms with Crippen LogP contribution in [0.25, 0.3) is 0 Å². The van der Waals surface area contributed by atoms with Crippen LogP contribution in [0.2, 0.25) is 0 Å². The van der Waals surface area contributed by atoms with Crippen molar-refractivity contribution in [1.82, 2.24) is 9.80 Å². The van der Waals surface area contributed by atoms with E-state index in [1.54, 1.807) is 0 Å². The standard InChI is InChI=1S/C42H46N2O8/c1-3-5-27-43(29-31-17-21-35(22-18-31)49-33-13-9-7-10-14-33)41(47)51-39(45)37-25-26-38(37)40(46)52-42(48)44(28-6-4-2)30-32-19-23-36(24-20-32)50-34-15-11-8-12-16-34/h7-24,37-38H,3-6,25-30H2,1-2H3. The molecule has 1 fully saturated rings. The second kappa shape index (κ2) is 19.1. The lowest BCUT2D eigenvalue weighted by Gasteiger charge is -2.33. The minimum atomic E-state index is -0.868. The molecule has 5 rings (SSSR count). The zero-order chi connectivity index (χ0) is 36.7. The highest BCUT2D eigenvalue weighted by Crippen LogP contribution is 2.37. The Morgan fingerprint density at radius 1 is 0.519 bits per heavy atom. The third-order valence-electron chi connectivity index (χ3n) is 8.89. The van der Waals surface area contributed by atoms with Gasteiger partial charge in [-0.25, -0.2) is 9.59 Å². The first-order chi connectivity index (χ1) is 25.3. The van der Waals surface area contributed by atoms with E-state index in [1.807, 2.05) is 123 Å². The third kappa shape index (κ3) is 10.9.